The maximum Gasteiger partial charge on any atom is 0.164 e. The molecule has 3 heterocycles. The first-order valence-corrected chi connectivity index (χ1v) is 19.1. The van der Waals surface area contributed by atoms with Gasteiger partial charge in [-0.2, -0.15) is 0 Å². The number of nitrogens with zero attached hydrogens (tertiary/aromatic N) is 4. The van der Waals surface area contributed by atoms with Crippen LogP contribution < -0.4 is 9.64 Å². The lowest BCUT2D eigenvalue weighted by molar-refractivity contribution is 0.483. The molecule has 1 aliphatic rings. The van der Waals surface area contributed by atoms with Crippen molar-refractivity contribution < 1.29 is 4.74 Å². The molecule has 0 aliphatic carbocycles. The predicted molar refractivity (Wildman–Crippen MR) is 227 cm³/mol. The molecule has 0 bridgehead atoms. The summed E-state index contributed by atoms with van der Waals surface area (Å²) in [4.78, 5) is 17.3. The van der Waals surface area contributed by atoms with Crippen LogP contribution in [-0.2, 0) is 0 Å². The summed E-state index contributed by atoms with van der Waals surface area (Å²) in [6, 6.07) is 63.1. The highest BCUT2D eigenvalue weighted by atomic mass is 32.1. The molecule has 55 heavy (non-hydrogen) atoms. The van der Waals surface area contributed by atoms with Gasteiger partial charge in [0.1, 0.15) is 5.69 Å². The molecule has 0 atom stereocenters. The Morgan fingerprint density at radius 2 is 0.982 bits per heavy atom. The minimum Gasteiger partial charge on any atom is -0.452 e. The van der Waals surface area contributed by atoms with Crippen molar-refractivity contribution in [2.45, 2.75) is 0 Å². The predicted octanol–water partition coefficient (Wildman–Crippen LogP) is 13.6. The molecule has 0 fully saturated rings. The molecule has 0 spiro atoms. The van der Waals surface area contributed by atoms with E-state index in [-0.39, 0.29) is 0 Å². The molecule has 1 aliphatic heterocycles. The number of benzene rings is 8. The summed E-state index contributed by atoms with van der Waals surface area (Å²) < 4.78 is 9.31. The fourth-order valence-electron chi connectivity index (χ4n) is 7.74. The Bertz CT molecular complexity index is 3030. The van der Waals surface area contributed by atoms with Gasteiger partial charge in [0.15, 0.2) is 29.0 Å². The third kappa shape index (κ3) is 5.26. The summed E-state index contributed by atoms with van der Waals surface area (Å²) in [5, 5.41) is 4.81. The van der Waals surface area contributed by atoms with E-state index < -0.39 is 0 Å². The Morgan fingerprint density at radius 3 is 1.73 bits per heavy atom. The second-order valence-corrected chi connectivity index (χ2v) is 14.7. The van der Waals surface area contributed by atoms with Crippen LogP contribution in [0.2, 0.25) is 0 Å². The molecule has 258 valence electrons. The number of ether oxygens (including phenoxy) is 1. The Morgan fingerprint density at radius 1 is 0.436 bits per heavy atom. The molecular formula is C49H30N4OS. The van der Waals surface area contributed by atoms with Crippen LogP contribution in [0.4, 0.5) is 17.1 Å². The maximum absolute atomic E-state index is 6.86. The van der Waals surface area contributed by atoms with E-state index in [9.17, 15) is 0 Å². The number of anilines is 3. The van der Waals surface area contributed by atoms with Crippen molar-refractivity contribution in [2.75, 3.05) is 4.90 Å². The highest BCUT2D eigenvalue weighted by molar-refractivity contribution is 7.26. The number of para-hydroxylation sites is 2. The Kier molecular flexibility index (Phi) is 7.28. The zero-order valence-corrected chi connectivity index (χ0v) is 30.2. The van der Waals surface area contributed by atoms with Gasteiger partial charge in [0.05, 0.1) is 10.4 Å². The van der Waals surface area contributed by atoms with Gasteiger partial charge in [-0.05, 0) is 52.9 Å². The summed E-state index contributed by atoms with van der Waals surface area (Å²) in [6.07, 6.45) is 0. The highest BCUT2D eigenvalue weighted by Crippen LogP contribution is 2.58. The van der Waals surface area contributed by atoms with Gasteiger partial charge in [-0.25, -0.2) is 15.0 Å². The number of aromatic nitrogens is 3. The molecular weight excluding hydrogens is 693 g/mol. The first-order chi connectivity index (χ1) is 27.3. The third-order valence-corrected chi connectivity index (χ3v) is 11.4. The van der Waals surface area contributed by atoms with Crippen LogP contribution in [0.15, 0.2) is 182 Å². The first kappa shape index (κ1) is 31.4. The summed E-state index contributed by atoms with van der Waals surface area (Å²) in [5.74, 6) is 3.61. The van der Waals surface area contributed by atoms with Gasteiger partial charge < -0.3 is 9.64 Å². The SMILES string of the molecule is c1ccc(-c2nc(-c3ccccc3)nc(-c3cccc(-c4cccc(N5c6ccccc6Oc6c5c5sc7ccccc7c5c5ccccc65)c4)c3)n2)cc1. The zero-order valence-electron chi connectivity index (χ0n) is 29.4. The van der Waals surface area contributed by atoms with Crippen molar-refractivity contribution >= 4 is 59.3 Å². The van der Waals surface area contributed by atoms with Crippen LogP contribution in [0.5, 0.6) is 11.5 Å². The van der Waals surface area contributed by atoms with Crippen molar-refractivity contribution in [3.05, 3.63) is 182 Å². The number of fused-ring (bicyclic) bond motifs is 9. The van der Waals surface area contributed by atoms with E-state index in [1.54, 1.807) is 0 Å². The zero-order chi connectivity index (χ0) is 36.3. The summed E-state index contributed by atoms with van der Waals surface area (Å²) in [7, 11) is 0. The van der Waals surface area contributed by atoms with E-state index >= 15 is 0 Å². The minimum absolute atomic E-state index is 0.626. The lowest BCUT2D eigenvalue weighted by Gasteiger charge is -2.34. The van der Waals surface area contributed by atoms with Gasteiger partial charge in [0.2, 0.25) is 0 Å². The number of hydrogen-bond donors (Lipinski definition) is 0. The third-order valence-electron chi connectivity index (χ3n) is 10.3. The Balaban J connectivity index is 1.08. The molecule has 5 nitrogen and oxygen atoms in total. The van der Waals surface area contributed by atoms with Crippen molar-refractivity contribution in [3.63, 3.8) is 0 Å². The van der Waals surface area contributed by atoms with Crippen LogP contribution in [0.3, 0.4) is 0 Å². The summed E-state index contributed by atoms with van der Waals surface area (Å²) in [6.45, 7) is 0. The van der Waals surface area contributed by atoms with Crippen molar-refractivity contribution in [3.8, 4) is 56.8 Å². The second kappa shape index (κ2) is 12.8. The smallest absolute Gasteiger partial charge is 0.164 e. The molecule has 0 N–H and O–H groups in total. The number of rotatable bonds is 5. The van der Waals surface area contributed by atoms with Gasteiger partial charge in [-0.1, -0.05) is 146 Å². The standard InChI is InChI=1S/C49H30N4OS/c1-3-15-31(16-4-1)47-50-48(32-17-5-2-6-18-32)52-49(51-47)35-21-13-19-33(29-35)34-20-14-22-36(30-34)53-40-26-10-11-27-41(40)54-45-38-24-8-7-23-37(38)43-39-25-9-12-28-42(39)55-46(43)44(45)53/h1-30H. The molecule has 2 aromatic heterocycles. The van der Waals surface area contributed by atoms with Crippen LogP contribution in [0.1, 0.15) is 0 Å². The minimum atomic E-state index is 0.626. The van der Waals surface area contributed by atoms with E-state index in [1.807, 2.05) is 78.1 Å². The van der Waals surface area contributed by atoms with Crippen molar-refractivity contribution in [1.82, 2.24) is 15.0 Å². The van der Waals surface area contributed by atoms with Crippen LogP contribution >= 0.6 is 11.3 Å². The van der Waals surface area contributed by atoms with Gasteiger partial charge in [-0.15, -0.1) is 11.3 Å². The van der Waals surface area contributed by atoms with Crippen LogP contribution in [0.25, 0.3) is 76.2 Å². The molecule has 6 heteroatoms. The second-order valence-electron chi connectivity index (χ2n) is 13.6. The lowest BCUT2D eigenvalue weighted by Crippen LogP contribution is -2.16. The Hall–Kier alpha value is -7.15. The molecule has 0 saturated heterocycles. The fraction of sp³-hybridized carbons (Fsp3) is 0. The average molecular weight is 723 g/mol. The van der Waals surface area contributed by atoms with E-state index in [4.69, 9.17) is 19.7 Å². The largest absolute Gasteiger partial charge is 0.452 e. The fourth-order valence-corrected chi connectivity index (χ4v) is 8.99. The lowest BCUT2D eigenvalue weighted by atomic mass is 9.98. The maximum atomic E-state index is 6.86. The van der Waals surface area contributed by atoms with E-state index in [2.05, 4.69) is 120 Å². The molecule has 11 rings (SSSR count). The van der Waals surface area contributed by atoms with Gasteiger partial charge >= 0.3 is 0 Å². The van der Waals surface area contributed by atoms with Crippen molar-refractivity contribution in [1.29, 1.82) is 0 Å². The average Bonchev–Trinajstić information content (AvgIpc) is 3.66. The molecule has 0 saturated carbocycles. The van der Waals surface area contributed by atoms with E-state index in [1.165, 1.54) is 25.6 Å². The normalized spacial score (nSPS) is 12.1. The first-order valence-electron chi connectivity index (χ1n) is 18.3. The molecule has 0 radical (unpaired) electrons. The number of thiophene rings is 1. The van der Waals surface area contributed by atoms with Crippen LogP contribution in [0, 0.1) is 0 Å². The highest BCUT2D eigenvalue weighted by Gasteiger charge is 2.31. The van der Waals surface area contributed by atoms with E-state index in [0.717, 1.165) is 61.8 Å². The monoisotopic (exact) mass is 722 g/mol. The number of hydrogen-bond acceptors (Lipinski definition) is 6. The molecule has 0 unspecified atom stereocenters. The van der Waals surface area contributed by atoms with Crippen LogP contribution in [-0.4, -0.2) is 15.0 Å². The van der Waals surface area contributed by atoms with Gasteiger partial charge in [0, 0.05) is 43.2 Å². The summed E-state index contributed by atoms with van der Waals surface area (Å²) >= 11 is 1.82. The summed E-state index contributed by atoms with van der Waals surface area (Å²) in [5.41, 5.74) is 8.06. The topological polar surface area (TPSA) is 51.1 Å². The van der Waals surface area contributed by atoms with E-state index in [0.29, 0.717) is 17.5 Å². The molecule has 0 amide bonds. The molecule has 10 aromatic rings. The van der Waals surface area contributed by atoms with Gasteiger partial charge in [-0.3, -0.25) is 0 Å². The quantitative estimate of drug-likeness (QED) is 0.177. The Labute approximate surface area is 321 Å². The van der Waals surface area contributed by atoms with Crippen molar-refractivity contribution in [2.24, 2.45) is 0 Å². The molecule has 8 aromatic carbocycles. The van der Waals surface area contributed by atoms with Gasteiger partial charge in [0.25, 0.3) is 0 Å².